The molecule has 2 N–H and O–H groups in total. The number of rotatable bonds is 3. The number of carbonyl (C=O) groups excluding carboxylic acids is 1. The molecular weight excluding hydrogens is 218 g/mol. The highest BCUT2D eigenvalue weighted by molar-refractivity contribution is 6.01. The number of para-hydroxylation sites is 1. The van der Waals surface area contributed by atoms with Crippen molar-refractivity contribution in [2.24, 2.45) is 0 Å². The first kappa shape index (κ1) is 11.4. The minimum atomic E-state index is -1.00. The molecule has 0 fully saturated rings. The maximum Gasteiger partial charge on any atom is 0.337 e. The normalized spacial score (nSPS) is 15.3. The lowest BCUT2D eigenvalue weighted by atomic mass is 10.0. The van der Waals surface area contributed by atoms with Crippen LogP contribution < -0.4 is 5.32 Å². The van der Waals surface area contributed by atoms with E-state index < -0.39 is 5.97 Å². The molecule has 1 aliphatic rings. The molecule has 0 saturated carbocycles. The fraction of sp³-hybridized carbons (Fsp3) is 0.231. The van der Waals surface area contributed by atoms with Crippen molar-refractivity contribution >= 4 is 17.4 Å². The van der Waals surface area contributed by atoms with Gasteiger partial charge in [-0.05, 0) is 25.0 Å². The van der Waals surface area contributed by atoms with E-state index in [0.29, 0.717) is 17.8 Å². The molecule has 1 aromatic carbocycles. The topological polar surface area (TPSA) is 66.4 Å². The van der Waals surface area contributed by atoms with E-state index in [4.69, 9.17) is 5.11 Å². The molecule has 1 aliphatic carbocycles. The summed E-state index contributed by atoms with van der Waals surface area (Å²) in [5.74, 6) is -0.964. The lowest BCUT2D eigenvalue weighted by Crippen LogP contribution is -2.16. The van der Waals surface area contributed by atoms with Crippen molar-refractivity contribution in [2.45, 2.75) is 19.3 Å². The molecule has 0 radical (unpaired) electrons. The van der Waals surface area contributed by atoms with Crippen molar-refractivity contribution < 1.29 is 14.7 Å². The molecule has 1 aromatic rings. The van der Waals surface area contributed by atoms with Crippen molar-refractivity contribution in [3.63, 3.8) is 0 Å². The average molecular weight is 231 g/mol. The number of nitrogens with one attached hydrogen (secondary N) is 1. The molecular formula is C13H13NO3. The van der Waals surface area contributed by atoms with E-state index in [1.165, 1.54) is 6.07 Å². The molecule has 0 atom stereocenters. The quantitative estimate of drug-likeness (QED) is 0.838. The molecule has 88 valence electrons. The Bertz CT molecular complexity index is 491. The predicted octanol–water partition coefficient (Wildman–Crippen LogP) is 2.43. The van der Waals surface area contributed by atoms with E-state index >= 15 is 0 Å². The molecule has 0 amide bonds. The summed E-state index contributed by atoms with van der Waals surface area (Å²) in [4.78, 5) is 22.6. The van der Waals surface area contributed by atoms with Gasteiger partial charge in [0.05, 0.1) is 16.9 Å². The first-order valence-corrected chi connectivity index (χ1v) is 5.51. The number of aromatic carboxylic acids is 1. The van der Waals surface area contributed by atoms with Crippen LogP contribution in [0.5, 0.6) is 0 Å². The van der Waals surface area contributed by atoms with Crippen LogP contribution in [-0.4, -0.2) is 16.9 Å². The Hall–Kier alpha value is -2.10. The van der Waals surface area contributed by atoms with Crippen LogP contribution in [0.4, 0.5) is 5.69 Å². The Balaban J connectivity index is 2.27. The van der Waals surface area contributed by atoms with Gasteiger partial charge < -0.3 is 10.4 Å². The lowest BCUT2D eigenvalue weighted by Gasteiger charge is -2.15. The van der Waals surface area contributed by atoms with Crippen LogP contribution in [0.15, 0.2) is 36.0 Å². The first-order valence-electron chi connectivity index (χ1n) is 5.51. The van der Waals surface area contributed by atoms with Gasteiger partial charge in [0.2, 0.25) is 0 Å². The second-order valence-corrected chi connectivity index (χ2v) is 3.91. The fourth-order valence-corrected chi connectivity index (χ4v) is 1.80. The number of carbonyl (C=O) groups is 2. The minimum absolute atomic E-state index is 0.0384. The standard InChI is InChI=1S/C13H13NO3/c15-12-8-4-3-7-11(12)14-10-6-2-1-5-9(10)13(16)17/h1-2,5-7,14H,3-4,8H2,(H,16,17). The molecule has 0 aliphatic heterocycles. The monoisotopic (exact) mass is 231 g/mol. The molecule has 0 saturated heterocycles. The summed E-state index contributed by atoms with van der Waals surface area (Å²) in [6, 6.07) is 6.57. The average Bonchev–Trinajstić information content (AvgIpc) is 2.32. The van der Waals surface area contributed by atoms with Gasteiger partial charge >= 0.3 is 5.97 Å². The van der Waals surface area contributed by atoms with Gasteiger partial charge in [-0.15, -0.1) is 0 Å². The lowest BCUT2D eigenvalue weighted by molar-refractivity contribution is -0.115. The number of carboxylic acid groups (broad SMARTS) is 1. The van der Waals surface area contributed by atoms with Gasteiger partial charge in [0, 0.05) is 6.42 Å². The number of hydrogen-bond donors (Lipinski definition) is 2. The highest BCUT2D eigenvalue weighted by Crippen LogP contribution is 2.20. The summed E-state index contributed by atoms with van der Waals surface area (Å²) in [5, 5.41) is 11.9. The van der Waals surface area contributed by atoms with Crippen molar-refractivity contribution in [3.8, 4) is 0 Å². The number of carboxylic acids is 1. The Morgan fingerprint density at radius 3 is 2.76 bits per heavy atom. The Morgan fingerprint density at radius 1 is 1.29 bits per heavy atom. The summed E-state index contributed by atoms with van der Waals surface area (Å²) in [6.07, 6.45) is 4.06. The third kappa shape index (κ3) is 2.53. The highest BCUT2D eigenvalue weighted by atomic mass is 16.4. The SMILES string of the molecule is O=C1CCCC=C1Nc1ccccc1C(=O)O. The zero-order valence-electron chi connectivity index (χ0n) is 9.27. The number of Topliss-reactive ketones (excluding diaryl/α,β-unsaturated/α-hetero) is 1. The predicted molar refractivity (Wildman–Crippen MR) is 64.0 cm³/mol. The second kappa shape index (κ2) is 4.82. The Kier molecular flexibility index (Phi) is 3.23. The largest absolute Gasteiger partial charge is 0.478 e. The van der Waals surface area contributed by atoms with Gasteiger partial charge in [0.15, 0.2) is 5.78 Å². The van der Waals surface area contributed by atoms with Crippen molar-refractivity contribution in [2.75, 3.05) is 5.32 Å². The molecule has 4 heteroatoms. The van der Waals surface area contributed by atoms with Crippen LogP contribution in [-0.2, 0) is 4.79 Å². The van der Waals surface area contributed by atoms with E-state index in [1.54, 1.807) is 18.2 Å². The van der Waals surface area contributed by atoms with Crippen LogP contribution in [0.3, 0.4) is 0 Å². The number of hydrogen-bond acceptors (Lipinski definition) is 3. The maximum atomic E-state index is 11.6. The van der Waals surface area contributed by atoms with Crippen molar-refractivity contribution in [1.82, 2.24) is 0 Å². The van der Waals surface area contributed by atoms with E-state index in [1.807, 2.05) is 6.08 Å². The van der Waals surface area contributed by atoms with Gasteiger partial charge in [0.25, 0.3) is 0 Å². The highest BCUT2D eigenvalue weighted by Gasteiger charge is 2.16. The van der Waals surface area contributed by atoms with Crippen LogP contribution in [0.1, 0.15) is 29.6 Å². The van der Waals surface area contributed by atoms with Crippen LogP contribution >= 0.6 is 0 Å². The Labute approximate surface area is 99.0 Å². The molecule has 0 bridgehead atoms. The molecule has 0 unspecified atom stereocenters. The molecule has 17 heavy (non-hydrogen) atoms. The number of benzene rings is 1. The molecule has 2 rings (SSSR count). The van der Waals surface area contributed by atoms with E-state index in [0.717, 1.165) is 12.8 Å². The zero-order chi connectivity index (χ0) is 12.3. The molecule has 4 nitrogen and oxygen atoms in total. The van der Waals surface area contributed by atoms with Crippen LogP contribution in [0, 0.1) is 0 Å². The number of ketones is 1. The van der Waals surface area contributed by atoms with Gasteiger partial charge in [0.1, 0.15) is 0 Å². The van der Waals surface area contributed by atoms with Gasteiger partial charge in [-0.3, -0.25) is 4.79 Å². The summed E-state index contributed by atoms with van der Waals surface area (Å²) in [5.41, 5.74) is 1.14. The molecule has 0 spiro atoms. The Morgan fingerprint density at radius 2 is 2.06 bits per heavy atom. The minimum Gasteiger partial charge on any atom is -0.478 e. The van der Waals surface area contributed by atoms with Gasteiger partial charge in [-0.25, -0.2) is 4.79 Å². The third-order valence-corrected chi connectivity index (χ3v) is 2.68. The number of allylic oxidation sites excluding steroid dienone is 2. The maximum absolute atomic E-state index is 11.6. The van der Waals surface area contributed by atoms with Crippen molar-refractivity contribution in [3.05, 3.63) is 41.6 Å². The zero-order valence-corrected chi connectivity index (χ0v) is 9.27. The van der Waals surface area contributed by atoms with E-state index in [-0.39, 0.29) is 11.3 Å². The number of anilines is 1. The van der Waals surface area contributed by atoms with Crippen molar-refractivity contribution in [1.29, 1.82) is 0 Å². The molecule has 0 aromatic heterocycles. The summed E-state index contributed by atoms with van der Waals surface area (Å²) in [6.45, 7) is 0. The van der Waals surface area contributed by atoms with E-state index in [9.17, 15) is 9.59 Å². The third-order valence-electron chi connectivity index (χ3n) is 2.68. The van der Waals surface area contributed by atoms with Gasteiger partial charge in [-0.2, -0.15) is 0 Å². The van der Waals surface area contributed by atoms with Gasteiger partial charge in [-0.1, -0.05) is 18.2 Å². The summed E-state index contributed by atoms with van der Waals surface area (Å²) < 4.78 is 0. The fourth-order valence-electron chi connectivity index (χ4n) is 1.80. The second-order valence-electron chi connectivity index (χ2n) is 3.91. The molecule has 0 heterocycles. The summed E-state index contributed by atoms with van der Waals surface area (Å²) in [7, 11) is 0. The van der Waals surface area contributed by atoms with E-state index in [2.05, 4.69) is 5.32 Å². The first-order chi connectivity index (χ1) is 8.18. The van der Waals surface area contributed by atoms with Crippen LogP contribution in [0.25, 0.3) is 0 Å². The van der Waals surface area contributed by atoms with Crippen LogP contribution in [0.2, 0.25) is 0 Å². The summed E-state index contributed by atoms with van der Waals surface area (Å²) >= 11 is 0. The smallest absolute Gasteiger partial charge is 0.337 e.